The summed E-state index contributed by atoms with van der Waals surface area (Å²) >= 11 is 12.4. The number of carbonyl (C=O) groups excluding carboxylic acids is 4. The Kier molecular flexibility index (Phi) is 9.19. The van der Waals surface area contributed by atoms with Crippen molar-refractivity contribution in [3.8, 4) is 11.5 Å². The number of hydrogen-bond donors (Lipinski definition) is 7. The smallest absolute Gasteiger partial charge is 0.411 e. The van der Waals surface area contributed by atoms with E-state index in [-0.39, 0.29) is 61.9 Å². The molecule has 1 heterocycles. The van der Waals surface area contributed by atoms with Crippen LogP contribution in [-0.4, -0.2) is 72.3 Å². The fourth-order valence-corrected chi connectivity index (χ4v) is 3.85. The SMILES string of the molecule is COC(=O)Nc1cc(Cl)c(NC(=O)C[N+]2(CC(=O)Nc3cc(O)c(NC(=O)OC)cc3Cl)C=C[NH+]=C2)cc1O. The number of hydrogen-bond acceptors (Lipinski definition) is 8. The topological polar surface area (TPSA) is 189 Å². The summed E-state index contributed by atoms with van der Waals surface area (Å²) < 4.78 is 8.68. The molecule has 206 valence electrons. The number of phenolic OH excluding ortho intramolecular Hbond substituents is 2. The highest BCUT2D eigenvalue weighted by atomic mass is 35.5. The minimum absolute atomic E-state index is 0.0236. The zero-order chi connectivity index (χ0) is 28.7. The van der Waals surface area contributed by atoms with Crippen LogP contribution in [0.15, 0.2) is 36.7 Å². The molecule has 0 saturated heterocycles. The Bertz CT molecular complexity index is 1280. The minimum atomic E-state index is -0.822. The van der Waals surface area contributed by atoms with Gasteiger partial charge in [0.25, 0.3) is 11.8 Å². The quantitative estimate of drug-likeness (QED) is 0.181. The number of anilines is 4. The van der Waals surface area contributed by atoms with Crippen molar-refractivity contribution >= 4 is 76.3 Å². The molecule has 0 radical (unpaired) electrons. The lowest BCUT2D eigenvalue weighted by Crippen LogP contribution is -2.64. The number of methoxy groups -OCH3 is 2. The molecule has 14 nitrogen and oxygen atoms in total. The summed E-state index contributed by atoms with van der Waals surface area (Å²) in [6.07, 6.45) is 2.97. The fourth-order valence-electron chi connectivity index (χ4n) is 3.43. The maximum absolute atomic E-state index is 12.9. The molecule has 7 N–H and O–H groups in total. The number of benzene rings is 2. The van der Waals surface area contributed by atoms with Crippen molar-refractivity contribution in [1.29, 1.82) is 0 Å². The third-order valence-electron chi connectivity index (χ3n) is 5.24. The maximum atomic E-state index is 12.9. The van der Waals surface area contributed by atoms with Gasteiger partial charge in [-0.1, -0.05) is 23.2 Å². The number of nitrogens with zero attached hydrogens (tertiary/aromatic N) is 1. The van der Waals surface area contributed by atoms with E-state index < -0.39 is 24.0 Å². The van der Waals surface area contributed by atoms with Gasteiger partial charge in [0.2, 0.25) is 6.20 Å². The number of nitrogens with one attached hydrogen (secondary N) is 5. The number of quaternary nitrogens is 1. The van der Waals surface area contributed by atoms with E-state index in [0.29, 0.717) is 0 Å². The Morgan fingerprint density at radius 2 is 1.21 bits per heavy atom. The largest absolute Gasteiger partial charge is 0.506 e. The number of carbonyl (C=O) groups is 4. The van der Waals surface area contributed by atoms with Crippen LogP contribution in [0.1, 0.15) is 0 Å². The van der Waals surface area contributed by atoms with Crippen LogP contribution < -0.4 is 26.3 Å². The lowest BCUT2D eigenvalue weighted by Gasteiger charge is -2.23. The molecule has 39 heavy (non-hydrogen) atoms. The van der Waals surface area contributed by atoms with Crippen LogP contribution in [0.5, 0.6) is 11.5 Å². The van der Waals surface area contributed by atoms with Crippen LogP contribution in [-0.2, 0) is 19.1 Å². The van der Waals surface area contributed by atoms with E-state index in [9.17, 15) is 29.4 Å². The summed E-state index contributed by atoms with van der Waals surface area (Å²) in [5, 5.41) is 30.1. The van der Waals surface area contributed by atoms with Crippen molar-refractivity contribution in [2.45, 2.75) is 0 Å². The van der Waals surface area contributed by atoms with Gasteiger partial charge in [-0.25, -0.2) is 9.59 Å². The fraction of sp³-hybridized carbons (Fsp3) is 0.174. The third kappa shape index (κ3) is 7.50. The Morgan fingerprint density at radius 1 is 0.769 bits per heavy atom. The summed E-state index contributed by atoms with van der Waals surface area (Å²) in [6, 6.07) is 4.76. The summed E-state index contributed by atoms with van der Waals surface area (Å²) in [5.74, 6) is -1.86. The molecule has 4 amide bonds. The molecule has 0 aliphatic carbocycles. The Morgan fingerprint density at radius 3 is 1.56 bits per heavy atom. The van der Waals surface area contributed by atoms with E-state index in [2.05, 4.69) is 35.7 Å². The van der Waals surface area contributed by atoms with Crippen molar-refractivity contribution < 1.29 is 48.3 Å². The molecule has 0 spiro atoms. The summed E-state index contributed by atoms with van der Waals surface area (Å²) in [5.41, 5.74) is 0.0835. The van der Waals surface area contributed by atoms with Gasteiger partial charge in [0.15, 0.2) is 19.3 Å². The molecule has 0 bridgehead atoms. The highest BCUT2D eigenvalue weighted by Gasteiger charge is 2.36. The lowest BCUT2D eigenvalue weighted by atomic mass is 10.2. The van der Waals surface area contributed by atoms with Crippen LogP contribution in [0.4, 0.5) is 32.3 Å². The van der Waals surface area contributed by atoms with Gasteiger partial charge in [0, 0.05) is 12.1 Å². The molecule has 0 unspecified atom stereocenters. The molecule has 1 aliphatic rings. The monoisotopic (exact) mass is 582 g/mol. The van der Waals surface area contributed by atoms with Crippen LogP contribution in [0.25, 0.3) is 0 Å². The Hall–Kier alpha value is -4.53. The van der Waals surface area contributed by atoms with Crippen molar-refractivity contribution in [1.82, 2.24) is 0 Å². The molecule has 16 heteroatoms. The number of amides is 4. The summed E-state index contributed by atoms with van der Waals surface area (Å²) in [4.78, 5) is 51.3. The second kappa shape index (κ2) is 12.3. The number of phenols is 2. The summed E-state index contributed by atoms with van der Waals surface area (Å²) in [6.45, 7) is -0.506. The van der Waals surface area contributed by atoms with Crippen LogP contribution in [0, 0.1) is 0 Å². The first-order chi connectivity index (χ1) is 18.4. The predicted octanol–water partition coefficient (Wildman–Crippen LogP) is 1.75. The number of aromatic hydroxyl groups is 2. The average molecular weight is 583 g/mol. The average Bonchev–Trinajstić information content (AvgIpc) is 3.32. The molecule has 1 aliphatic heterocycles. The third-order valence-corrected chi connectivity index (χ3v) is 5.86. The molecule has 0 atom stereocenters. The molecule has 2 aromatic rings. The van der Waals surface area contributed by atoms with Gasteiger partial charge in [-0.15, -0.1) is 0 Å². The second-order valence-corrected chi connectivity index (χ2v) is 8.87. The standard InChI is InChI=1S/C23H22Cl2N6O8/c1-38-22(36)29-16-5-12(24)14(7-18(16)32)27-20(34)9-31(4-3-26-11-31)10-21(35)28-15-8-19(33)17(6-13(15)25)30-23(37)39-2/h3-8,11H,9-10H2,1-2H3,(H5-,27,28,29,30,32,33,34,35,36,37)/p+2. The number of rotatable bonds is 8. The first-order valence-corrected chi connectivity index (χ1v) is 11.7. The van der Waals surface area contributed by atoms with Gasteiger partial charge in [-0.05, 0) is 12.1 Å². The summed E-state index contributed by atoms with van der Waals surface area (Å²) in [7, 11) is 2.30. The highest BCUT2D eigenvalue weighted by Crippen LogP contribution is 2.35. The van der Waals surface area contributed by atoms with Crippen LogP contribution in [0.2, 0.25) is 10.0 Å². The van der Waals surface area contributed by atoms with Crippen molar-refractivity contribution in [2.75, 3.05) is 48.6 Å². The Labute approximate surface area is 231 Å². The molecule has 2 aromatic carbocycles. The molecular weight excluding hydrogens is 559 g/mol. The van der Waals surface area contributed by atoms with Crippen molar-refractivity contribution in [3.05, 3.63) is 46.7 Å². The first kappa shape index (κ1) is 29.0. The molecule has 3 rings (SSSR count). The zero-order valence-electron chi connectivity index (χ0n) is 20.5. The number of ether oxygens (including phenoxy) is 2. The van der Waals surface area contributed by atoms with Crippen molar-refractivity contribution in [3.63, 3.8) is 0 Å². The number of halogens is 2. The molecule has 0 fully saturated rings. The van der Waals surface area contributed by atoms with Gasteiger partial charge in [-0.3, -0.25) is 20.2 Å². The Balaban J connectivity index is 1.69. The van der Waals surface area contributed by atoms with E-state index in [1.807, 2.05) is 0 Å². The normalized spacial score (nSPS) is 12.9. The molecular formula is C23H24Cl2N6O8+2. The van der Waals surface area contributed by atoms with E-state index in [1.165, 1.54) is 18.5 Å². The van der Waals surface area contributed by atoms with E-state index in [0.717, 1.165) is 26.4 Å². The molecule has 0 saturated carbocycles. The van der Waals surface area contributed by atoms with E-state index >= 15 is 0 Å². The maximum Gasteiger partial charge on any atom is 0.411 e. The van der Waals surface area contributed by atoms with Gasteiger partial charge < -0.3 is 30.3 Å². The van der Waals surface area contributed by atoms with Gasteiger partial charge in [0.05, 0.1) is 47.0 Å². The van der Waals surface area contributed by atoms with Crippen LogP contribution in [0.3, 0.4) is 0 Å². The van der Waals surface area contributed by atoms with E-state index in [4.69, 9.17) is 23.2 Å². The van der Waals surface area contributed by atoms with Gasteiger partial charge >= 0.3 is 18.5 Å². The molecule has 0 aromatic heterocycles. The predicted molar refractivity (Wildman–Crippen MR) is 142 cm³/mol. The van der Waals surface area contributed by atoms with E-state index in [1.54, 1.807) is 12.4 Å². The first-order valence-electron chi connectivity index (χ1n) is 10.9. The zero-order valence-corrected chi connectivity index (χ0v) is 22.0. The van der Waals surface area contributed by atoms with Crippen molar-refractivity contribution in [2.24, 2.45) is 0 Å². The minimum Gasteiger partial charge on any atom is -0.506 e. The van der Waals surface area contributed by atoms with Crippen LogP contribution >= 0.6 is 23.2 Å². The second-order valence-electron chi connectivity index (χ2n) is 8.06. The van der Waals surface area contributed by atoms with Gasteiger partial charge in [0.1, 0.15) is 11.5 Å². The lowest BCUT2D eigenvalue weighted by molar-refractivity contribution is -0.770. The highest BCUT2D eigenvalue weighted by molar-refractivity contribution is 6.34. The van der Waals surface area contributed by atoms with Gasteiger partial charge in [-0.2, -0.15) is 9.48 Å².